The quantitative estimate of drug-likeness (QED) is 0.423. The number of ether oxygens (including phenoxy) is 3. The fourth-order valence-corrected chi connectivity index (χ4v) is 3.99. The Bertz CT molecular complexity index is 951. The summed E-state index contributed by atoms with van der Waals surface area (Å²) in [4.78, 5) is 16.6. The molecule has 1 aliphatic rings. The van der Waals surface area contributed by atoms with Crippen LogP contribution in [0.2, 0.25) is 0 Å². The monoisotopic (exact) mass is 469 g/mol. The van der Waals surface area contributed by atoms with Crippen molar-refractivity contribution in [1.29, 1.82) is 5.41 Å². The summed E-state index contributed by atoms with van der Waals surface area (Å²) < 4.78 is 43.3. The first-order chi connectivity index (χ1) is 15.0. The second-order valence-corrected chi connectivity index (χ2v) is 9.42. The highest BCUT2D eigenvalue weighted by Gasteiger charge is 2.29. The van der Waals surface area contributed by atoms with Crippen molar-refractivity contribution in [2.45, 2.75) is 45.6 Å². The first kappa shape index (κ1) is 25.4. The average molecular weight is 470 g/mol. The molecule has 0 radical (unpaired) electrons. The van der Waals surface area contributed by atoms with E-state index in [0.29, 0.717) is 30.0 Å². The van der Waals surface area contributed by atoms with Crippen LogP contribution in [-0.2, 0) is 19.5 Å². The maximum absolute atomic E-state index is 12.8. The maximum atomic E-state index is 12.8. The zero-order chi connectivity index (χ0) is 24.1. The van der Waals surface area contributed by atoms with Crippen molar-refractivity contribution in [3.05, 3.63) is 28.1 Å². The molecule has 1 aromatic rings. The van der Waals surface area contributed by atoms with E-state index in [1.54, 1.807) is 6.07 Å². The molecule has 0 bridgehead atoms. The van der Waals surface area contributed by atoms with Gasteiger partial charge in [0, 0.05) is 25.9 Å². The Morgan fingerprint density at radius 1 is 1.31 bits per heavy atom. The molecule has 1 aromatic heterocycles. The molecular formula is C20H31N5O6S. The van der Waals surface area contributed by atoms with Gasteiger partial charge in [-0.05, 0) is 17.4 Å². The van der Waals surface area contributed by atoms with E-state index in [1.165, 1.54) is 14.2 Å². The third kappa shape index (κ3) is 5.88. The summed E-state index contributed by atoms with van der Waals surface area (Å²) in [7, 11) is -1.38. The number of hydrogen-bond donors (Lipinski definition) is 4. The Balaban J connectivity index is 2.32. The number of carbonyl (C=O) groups excluding carboxylic acids is 1. The number of rotatable bonds is 8. The number of allylic oxidation sites excluding steroid dienone is 1. The second-order valence-electron chi connectivity index (χ2n) is 7.77. The fourth-order valence-electron chi connectivity index (χ4n) is 3.06. The molecule has 4 N–H and O–H groups in total. The Hall–Kier alpha value is -2.86. The summed E-state index contributed by atoms with van der Waals surface area (Å²) in [5, 5.41) is 12.9. The highest BCUT2D eigenvalue weighted by molar-refractivity contribution is 7.94. The fraction of sp³-hybridized carbons (Fsp3) is 0.550. The van der Waals surface area contributed by atoms with Crippen LogP contribution in [0, 0.1) is 5.41 Å². The van der Waals surface area contributed by atoms with E-state index in [2.05, 4.69) is 15.6 Å². The number of sulfonamides is 1. The molecular weight excluding hydrogens is 438 g/mol. The molecule has 12 heteroatoms. The van der Waals surface area contributed by atoms with Crippen molar-refractivity contribution in [3.63, 3.8) is 0 Å². The number of carbonyl (C=O) groups is 1. The van der Waals surface area contributed by atoms with Gasteiger partial charge in [0.15, 0.2) is 4.91 Å². The van der Waals surface area contributed by atoms with Gasteiger partial charge in [-0.15, -0.1) is 0 Å². The standard InChI is InChI=1S/C20H31N5O6S/c1-11(2)14-7-16(30-6)23-17(12(3)4)18(14)24-20(26)25-32(27,28)15(8-21)19-22-9-13(29-5)10-31-19/h7-8,11-13,21-22H,9-10H2,1-6H3,(H2,24,25,26)/b19-15-,21-8?/t13-/m0/s1. The molecule has 1 fully saturated rings. The van der Waals surface area contributed by atoms with Gasteiger partial charge in [-0.2, -0.15) is 0 Å². The molecule has 1 atom stereocenters. The summed E-state index contributed by atoms with van der Waals surface area (Å²) in [5.74, 6) is 0.221. The molecule has 11 nitrogen and oxygen atoms in total. The zero-order valence-electron chi connectivity index (χ0n) is 19.1. The topological polar surface area (TPSA) is 152 Å². The van der Waals surface area contributed by atoms with Gasteiger partial charge in [0.2, 0.25) is 11.8 Å². The number of hydrogen-bond acceptors (Lipinski definition) is 9. The minimum atomic E-state index is -4.39. The summed E-state index contributed by atoms with van der Waals surface area (Å²) in [5.41, 5.74) is 1.73. The van der Waals surface area contributed by atoms with Gasteiger partial charge >= 0.3 is 6.03 Å². The van der Waals surface area contributed by atoms with Gasteiger partial charge < -0.3 is 30.3 Å². The van der Waals surface area contributed by atoms with E-state index >= 15 is 0 Å². The molecule has 2 heterocycles. The lowest BCUT2D eigenvalue weighted by Crippen LogP contribution is -2.42. The molecule has 0 aromatic carbocycles. The number of anilines is 1. The van der Waals surface area contributed by atoms with Crippen molar-refractivity contribution >= 4 is 28.0 Å². The lowest BCUT2D eigenvalue weighted by molar-refractivity contribution is 0.00299. The SMILES string of the molecule is COc1cc(C(C)C)c(NC(=O)NS(=O)(=O)/C(C=N)=C2/NC[C@H](OC)CO2)c(C(C)C)n1. The lowest BCUT2D eigenvalue weighted by Gasteiger charge is -2.26. The molecule has 0 aliphatic carbocycles. The van der Waals surface area contributed by atoms with Crippen molar-refractivity contribution in [3.8, 4) is 5.88 Å². The summed E-state index contributed by atoms with van der Waals surface area (Å²) in [6.45, 7) is 8.11. The average Bonchev–Trinajstić information content (AvgIpc) is 2.73. The molecule has 2 amide bonds. The van der Waals surface area contributed by atoms with E-state index in [-0.39, 0.29) is 30.4 Å². The number of aromatic nitrogens is 1. The number of nitrogens with one attached hydrogen (secondary N) is 4. The van der Waals surface area contributed by atoms with Crippen molar-refractivity contribution < 1.29 is 27.4 Å². The van der Waals surface area contributed by atoms with Crippen molar-refractivity contribution in [2.24, 2.45) is 0 Å². The maximum Gasteiger partial charge on any atom is 0.333 e. The molecule has 178 valence electrons. The van der Waals surface area contributed by atoms with Crippen LogP contribution < -0.4 is 20.1 Å². The molecule has 0 saturated carbocycles. The van der Waals surface area contributed by atoms with Gasteiger partial charge in [0.05, 0.1) is 18.5 Å². The van der Waals surface area contributed by atoms with E-state index in [4.69, 9.17) is 19.6 Å². The van der Waals surface area contributed by atoms with E-state index in [1.807, 2.05) is 32.4 Å². The number of nitrogens with zero attached hydrogens (tertiary/aromatic N) is 1. The number of urea groups is 1. The van der Waals surface area contributed by atoms with Crippen LogP contribution in [0.5, 0.6) is 5.88 Å². The van der Waals surface area contributed by atoms with E-state index in [0.717, 1.165) is 5.56 Å². The normalized spacial score (nSPS) is 17.9. The molecule has 32 heavy (non-hydrogen) atoms. The van der Waals surface area contributed by atoms with Crippen LogP contribution in [0.4, 0.5) is 10.5 Å². The Kier molecular flexibility index (Phi) is 8.44. The van der Waals surface area contributed by atoms with Gasteiger partial charge in [0.25, 0.3) is 10.0 Å². The Labute approximate surface area is 188 Å². The highest BCUT2D eigenvalue weighted by atomic mass is 32.2. The molecule has 0 spiro atoms. The highest BCUT2D eigenvalue weighted by Crippen LogP contribution is 2.34. The van der Waals surface area contributed by atoms with Gasteiger partial charge in [-0.3, -0.25) is 0 Å². The molecule has 1 aliphatic heterocycles. The van der Waals surface area contributed by atoms with Crippen LogP contribution in [0.25, 0.3) is 0 Å². The largest absolute Gasteiger partial charge is 0.481 e. The lowest BCUT2D eigenvalue weighted by atomic mass is 9.97. The minimum Gasteiger partial charge on any atom is -0.481 e. The number of methoxy groups -OCH3 is 2. The molecule has 1 saturated heterocycles. The van der Waals surface area contributed by atoms with Crippen LogP contribution >= 0.6 is 0 Å². The first-order valence-electron chi connectivity index (χ1n) is 10.1. The van der Waals surface area contributed by atoms with Crippen LogP contribution in [-0.4, -0.2) is 59.1 Å². The Morgan fingerprint density at radius 3 is 2.47 bits per heavy atom. The summed E-state index contributed by atoms with van der Waals surface area (Å²) >= 11 is 0. The minimum absolute atomic E-state index is 0.00382. The first-order valence-corrected chi connectivity index (χ1v) is 11.6. The van der Waals surface area contributed by atoms with Crippen LogP contribution in [0.3, 0.4) is 0 Å². The van der Waals surface area contributed by atoms with Gasteiger partial charge in [-0.1, -0.05) is 27.7 Å². The van der Waals surface area contributed by atoms with E-state index < -0.39 is 21.0 Å². The van der Waals surface area contributed by atoms with Gasteiger partial charge in [-0.25, -0.2) is 22.9 Å². The predicted molar refractivity (Wildman–Crippen MR) is 121 cm³/mol. The second kappa shape index (κ2) is 10.6. The summed E-state index contributed by atoms with van der Waals surface area (Å²) in [6, 6.07) is 0.726. The smallest absolute Gasteiger partial charge is 0.333 e. The van der Waals surface area contributed by atoms with Crippen LogP contribution in [0.1, 0.15) is 50.8 Å². The van der Waals surface area contributed by atoms with Crippen LogP contribution in [0.15, 0.2) is 16.9 Å². The third-order valence-electron chi connectivity index (χ3n) is 4.78. The van der Waals surface area contributed by atoms with Crippen molar-refractivity contribution in [2.75, 3.05) is 32.7 Å². The Morgan fingerprint density at radius 2 is 2.00 bits per heavy atom. The summed E-state index contributed by atoms with van der Waals surface area (Å²) in [6.07, 6.45) is 0.357. The number of pyridine rings is 1. The third-order valence-corrected chi connectivity index (χ3v) is 6.12. The zero-order valence-corrected chi connectivity index (χ0v) is 19.9. The van der Waals surface area contributed by atoms with Crippen molar-refractivity contribution in [1.82, 2.24) is 15.0 Å². The molecule has 2 rings (SSSR count). The van der Waals surface area contributed by atoms with E-state index in [9.17, 15) is 13.2 Å². The number of amides is 2. The predicted octanol–water partition coefficient (Wildman–Crippen LogP) is 2.24. The van der Waals surface area contributed by atoms with Gasteiger partial charge in [0.1, 0.15) is 12.7 Å². The molecule has 0 unspecified atom stereocenters.